The van der Waals surface area contributed by atoms with Gasteiger partial charge in [-0.05, 0) is 29.8 Å². The van der Waals surface area contributed by atoms with Crippen LogP contribution in [0.1, 0.15) is 21.6 Å². The van der Waals surface area contributed by atoms with Gasteiger partial charge in [-0.2, -0.15) is 5.10 Å². The van der Waals surface area contributed by atoms with Crippen molar-refractivity contribution in [3.8, 4) is 16.9 Å². The van der Waals surface area contributed by atoms with E-state index in [4.69, 9.17) is 14.2 Å². The molecule has 2 aromatic carbocycles. The Kier molecular flexibility index (Phi) is 6.49. The van der Waals surface area contributed by atoms with E-state index in [0.717, 1.165) is 33.0 Å². The summed E-state index contributed by atoms with van der Waals surface area (Å²) in [5.41, 5.74) is 4.43. The van der Waals surface area contributed by atoms with Crippen molar-refractivity contribution in [1.82, 2.24) is 9.78 Å². The number of carboxylic acids is 1. The Morgan fingerprint density at radius 1 is 1.17 bits per heavy atom. The first-order valence-electron chi connectivity index (χ1n) is 9.50. The Morgan fingerprint density at radius 2 is 2.00 bits per heavy atom. The molecule has 0 bridgehead atoms. The van der Waals surface area contributed by atoms with Crippen LogP contribution in [0, 0.1) is 0 Å². The first kappa shape index (κ1) is 20.6. The van der Waals surface area contributed by atoms with Gasteiger partial charge in [0.25, 0.3) is 0 Å². The number of para-hydroxylation sites is 1. The molecule has 0 saturated heterocycles. The smallest absolute Gasteiger partial charge is 0.356 e. The molecule has 0 spiro atoms. The van der Waals surface area contributed by atoms with E-state index in [1.165, 1.54) is 0 Å². The van der Waals surface area contributed by atoms with Crippen LogP contribution in [0.2, 0.25) is 0 Å². The van der Waals surface area contributed by atoms with Crippen molar-refractivity contribution in [3.63, 3.8) is 0 Å². The van der Waals surface area contributed by atoms with Crippen molar-refractivity contribution in [2.45, 2.75) is 17.3 Å². The van der Waals surface area contributed by atoms with Gasteiger partial charge < -0.3 is 19.3 Å². The minimum absolute atomic E-state index is 0.0974. The number of ether oxygens (including phenoxy) is 3. The van der Waals surface area contributed by atoms with Crippen molar-refractivity contribution in [2.75, 3.05) is 27.1 Å². The lowest BCUT2D eigenvalue weighted by Gasteiger charge is -2.19. The summed E-state index contributed by atoms with van der Waals surface area (Å²) in [7, 11) is 1.62. The Bertz CT molecular complexity index is 1040. The first-order chi connectivity index (χ1) is 14.7. The van der Waals surface area contributed by atoms with E-state index in [-0.39, 0.29) is 12.5 Å². The van der Waals surface area contributed by atoms with Crippen molar-refractivity contribution in [2.24, 2.45) is 0 Å². The lowest BCUT2D eigenvalue weighted by molar-refractivity contribution is -0.0724. The average Bonchev–Trinajstić information content (AvgIpc) is 3.17. The highest BCUT2D eigenvalue weighted by Gasteiger charge is 2.29. The van der Waals surface area contributed by atoms with Crippen LogP contribution in [0.5, 0.6) is 0 Å². The summed E-state index contributed by atoms with van der Waals surface area (Å²) in [6.45, 7) is 1.59. The SMILES string of the molecule is COCCOCOCc1ccc2c(c1)-c1c(c(C(=O)O)nn1-c1ccccc1)CS2. The number of hydrogen-bond donors (Lipinski definition) is 1. The Morgan fingerprint density at radius 3 is 2.77 bits per heavy atom. The second-order valence-electron chi connectivity index (χ2n) is 6.71. The van der Waals surface area contributed by atoms with Crippen LogP contribution in [-0.2, 0) is 26.6 Å². The molecule has 3 aromatic rings. The molecule has 1 aliphatic heterocycles. The fourth-order valence-corrected chi connectivity index (χ4v) is 4.39. The molecule has 30 heavy (non-hydrogen) atoms. The van der Waals surface area contributed by atoms with Gasteiger partial charge in [-0.3, -0.25) is 0 Å². The van der Waals surface area contributed by atoms with Gasteiger partial charge in [0.1, 0.15) is 6.79 Å². The standard InChI is InChI=1S/C22H22N2O5S/c1-27-9-10-28-14-29-12-15-7-8-19-17(11-15)21-18(13-30-19)20(22(25)26)23-24(21)16-5-3-2-4-6-16/h2-8,11H,9-10,12-14H2,1H3,(H,25,26). The first-order valence-corrected chi connectivity index (χ1v) is 10.5. The molecule has 156 valence electrons. The highest BCUT2D eigenvalue weighted by molar-refractivity contribution is 7.98. The summed E-state index contributed by atoms with van der Waals surface area (Å²) in [6.07, 6.45) is 0. The number of aromatic nitrogens is 2. The quantitative estimate of drug-likeness (QED) is 0.409. The summed E-state index contributed by atoms with van der Waals surface area (Å²) in [6, 6.07) is 15.7. The summed E-state index contributed by atoms with van der Waals surface area (Å²) in [5.74, 6) is -0.447. The van der Waals surface area contributed by atoms with Crippen molar-refractivity contribution in [3.05, 3.63) is 65.4 Å². The zero-order valence-electron chi connectivity index (χ0n) is 16.5. The predicted molar refractivity (Wildman–Crippen MR) is 113 cm³/mol. The Labute approximate surface area is 178 Å². The molecule has 0 fully saturated rings. The van der Waals surface area contributed by atoms with Crippen LogP contribution in [0.25, 0.3) is 16.9 Å². The van der Waals surface area contributed by atoms with E-state index >= 15 is 0 Å². The monoisotopic (exact) mass is 426 g/mol. The summed E-state index contributed by atoms with van der Waals surface area (Å²) in [4.78, 5) is 12.9. The minimum atomic E-state index is -1.02. The summed E-state index contributed by atoms with van der Waals surface area (Å²) < 4.78 is 17.6. The Balaban J connectivity index is 1.66. The molecule has 1 N–H and O–H groups in total. The minimum Gasteiger partial charge on any atom is -0.476 e. The molecule has 1 aromatic heterocycles. The fraction of sp³-hybridized carbons (Fsp3) is 0.273. The topological polar surface area (TPSA) is 82.8 Å². The maximum atomic E-state index is 11.8. The molecule has 0 amide bonds. The van der Waals surface area contributed by atoms with Gasteiger partial charge in [0, 0.05) is 28.9 Å². The van der Waals surface area contributed by atoms with Gasteiger partial charge in [0.05, 0.1) is 31.2 Å². The molecular formula is C22H22N2O5S. The van der Waals surface area contributed by atoms with Crippen LogP contribution in [0.3, 0.4) is 0 Å². The molecular weight excluding hydrogens is 404 g/mol. The molecule has 1 aliphatic rings. The third-order valence-electron chi connectivity index (χ3n) is 4.73. The van der Waals surface area contributed by atoms with Crippen molar-refractivity contribution >= 4 is 17.7 Å². The van der Waals surface area contributed by atoms with Crippen LogP contribution in [-0.4, -0.2) is 48.0 Å². The Hall–Kier alpha value is -2.65. The normalized spacial score (nSPS) is 12.4. The fourth-order valence-electron chi connectivity index (χ4n) is 3.34. The molecule has 0 saturated carbocycles. The van der Waals surface area contributed by atoms with Gasteiger partial charge in [-0.1, -0.05) is 24.3 Å². The number of benzene rings is 2. The van der Waals surface area contributed by atoms with Crippen LogP contribution >= 0.6 is 11.8 Å². The predicted octanol–water partition coefficient (Wildman–Crippen LogP) is 3.98. The molecule has 0 radical (unpaired) electrons. The molecule has 0 aliphatic carbocycles. The molecule has 0 atom stereocenters. The van der Waals surface area contributed by atoms with E-state index in [1.807, 2.05) is 42.5 Å². The van der Waals surface area contributed by atoms with Gasteiger partial charge >= 0.3 is 5.97 Å². The van der Waals surface area contributed by atoms with Gasteiger partial charge in [0.2, 0.25) is 0 Å². The van der Waals surface area contributed by atoms with E-state index in [1.54, 1.807) is 23.6 Å². The van der Waals surface area contributed by atoms with Crippen LogP contribution < -0.4 is 0 Å². The zero-order chi connectivity index (χ0) is 20.9. The van der Waals surface area contributed by atoms with Crippen LogP contribution in [0.4, 0.5) is 0 Å². The van der Waals surface area contributed by atoms with Crippen molar-refractivity contribution in [1.29, 1.82) is 0 Å². The van der Waals surface area contributed by atoms with Gasteiger partial charge in [-0.25, -0.2) is 9.48 Å². The largest absolute Gasteiger partial charge is 0.476 e. The van der Waals surface area contributed by atoms with Crippen LogP contribution in [0.15, 0.2) is 53.4 Å². The molecule has 0 unspecified atom stereocenters. The molecule has 7 nitrogen and oxygen atoms in total. The number of nitrogens with zero attached hydrogens (tertiary/aromatic N) is 2. The van der Waals surface area contributed by atoms with E-state index in [9.17, 15) is 9.90 Å². The number of hydrogen-bond acceptors (Lipinski definition) is 6. The van der Waals surface area contributed by atoms with E-state index < -0.39 is 5.97 Å². The second-order valence-corrected chi connectivity index (χ2v) is 7.73. The third-order valence-corrected chi connectivity index (χ3v) is 5.83. The highest BCUT2D eigenvalue weighted by Crippen LogP contribution is 2.44. The number of aromatic carboxylic acids is 1. The van der Waals surface area contributed by atoms with E-state index in [2.05, 4.69) is 11.2 Å². The van der Waals surface area contributed by atoms with E-state index in [0.29, 0.717) is 25.6 Å². The zero-order valence-corrected chi connectivity index (χ0v) is 17.4. The average molecular weight is 426 g/mol. The van der Waals surface area contributed by atoms with Crippen molar-refractivity contribution < 1.29 is 24.1 Å². The maximum Gasteiger partial charge on any atom is 0.356 e. The molecule has 4 rings (SSSR count). The van der Waals surface area contributed by atoms with Gasteiger partial charge in [0.15, 0.2) is 5.69 Å². The number of carbonyl (C=O) groups is 1. The second kappa shape index (κ2) is 9.44. The third kappa shape index (κ3) is 4.27. The molecule has 8 heteroatoms. The lowest BCUT2D eigenvalue weighted by Crippen LogP contribution is -2.07. The summed E-state index contributed by atoms with van der Waals surface area (Å²) >= 11 is 1.62. The number of thioether (sulfide) groups is 1. The number of fused-ring (bicyclic) bond motifs is 3. The molecule has 2 heterocycles. The number of methoxy groups -OCH3 is 1. The lowest BCUT2D eigenvalue weighted by atomic mass is 10.0. The summed E-state index contributed by atoms with van der Waals surface area (Å²) in [5, 5.41) is 14.1. The number of carboxylic acid groups (broad SMARTS) is 1. The maximum absolute atomic E-state index is 11.8. The van der Waals surface area contributed by atoms with Gasteiger partial charge in [-0.15, -0.1) is 11.8 Å². The highest BCUT2D eigenvalue weighted by atomic mass is 32.2. The number of rotatable bonds is 9.